The van der Waals surface area contributed by atoms with Crippen LogP contribution in [0.25, 0.3) is 0 Å². The lowest BCUT2D eigenvalue weighted by Gasteiger charge is -2.26. The van der Waals surface area contributed by atoms with Crippen LogP contribution in [0.3, 0.4) is 0 Å². The van der Waals surface area contributed by atoms with Crippen LogP contribution in [-0.2, 0) is 30.3 Å². The first-order chi connectivity index (χ1) is 10.5. The Morgan fingerprint density at radius 2 is 2.00 bits per heavy atom. The Labute approximate surface area is 130 Å². The first-order valence-corrected chi connectivity index (χ1v) is 7.62. The molecule has 1 aromatic carbocycles. The maximum Gasteiger partial charge on any atom is 0.187 e. The molecule has 5 nitrogen and oxygen atoms in total. The highest BCUT2D eigenvalue weighted by molar-refractivity contribution is 5.57. The molecule has 0 saturated carbocycles. The molecule has 120 valence electrons. The van der Waals surface area contributed by atoms with Crippen LogP contribution >= 0.6 is 0 Å². The summed E-state index contributed by atoms with van der Waals surface area (Å²) >= 11 is 0. The average Bonchev–Trinajstić information content (AvgIpc) is 2.95. The quantitative estimate of drug-likeness (QED) is 0.781. The zero-order valence-electron chi connectivity index (χ0n) is 13.1. The van der Waals surface area contributed by atoms with E-state index < -0.39 is 18.2 Å². The average molecular weight is 306 g/mol. The maximum absolute atomic E-state index is 11.4. The minimum Gasteiger partial charge on any atom is -0.363 e. The van der Waals surface area contributed by atoms with Crippen LogP contribution in [0.4, 0.5) is 0 Å². The highest BCUT2D eigenvalue weighted by Crippen LogP contribution is 2.41. The third-order valence-corrected chi connectivity index (χ3v) is 4.16. The van der Waals surface area contributed by atoms with Crippen LogP contribution in [0.2, 0.25) is 0 Å². The van der Waals surface area contributed by atoms with E-state index >= 15 is 0 Å². The predicted molar refractivity (Wildman–Crippen MR) is 78.9 cm³/mol. The number of fused-ring (bicyclic) bond motifs is 1. The molecule has 5 heteroatoms. The molecule has 2 aliphatic rings. The summed E-state index contributed by atoms with van der Waals surface area (Å²) in [6.45, 7) is 6.10. The van der Waals surface area contributed by atoms with Gasteiger partial charge in [0.15, 0.2) is 18.4 Å². The zero-order chi connectivity index (χ0) is 15.7. The van der Waals surface area contributed by atoms with Crippen molar-refractivity contribution in [3.05, 3.63) is 35.9 Å². The Hall–Kier alpha value is -1.27. The van der Waals surface area contributed by atoms with Crippen molar-refractivity contribution in [3.8, 4) is 0 Å². The first kappa shape index (κ1) is 15.6. The Kier molecular flexibility index (Phi) is 4.32. The molecule has 1 aromatic rings. The molecule has 22 heavy (non-hydrogen) atoms. The van der Waals surface area contributed by atoms with Crippen LogP contribution < -0.4 is 0 Å². The minimum absolute atomic E-state index is 0.0257. The van der Waals surface area contributed by atoms with Crippen LogP contribution in [0, 0.1) is 5.92 Å². The highest BCUT2D eigenvalue weighted by Gasteiger charge is 2.54. The number of aldehydes is 1. The monoisotopic (exact) mass is 306 g/mol. The van der Waals surface area contributed by atoms with E-state index in [0.29, 0.717) is 6.61 Å². The molecule has 2 fully saturated rings. The van der Waals surface area contributed by atoms with Crippen LogP contribution in [-0.4, -0.2) is 36.7 Å². The van der Waals surface area contributed by atoms with Gasteiger partial charge in [0.25, 0.3) is 0 Å². The van der Waals surface area contributed by atoms with E-state index in [-0.39, 0.29) is 18.1 Å². The molecule has 2 aliphatic heterocycles. The van der Waals surface area contributed by atoms with Crippen LogP contribution in [0.15, 0.2) is 30.3 Å². The van der Waals surface area contributed by atoms with Gasteiger partial charge in [-0.15, -0.1) is 0 Å². The number of hydrogen-bond donors (Lipinski definition) is 0. The molecule has 0 spiro atoms. The van der Waals surface area contributed by atoms with E-state index in [1.165, 1.54) is 0 Å². The van der Waals surface area contributed by atoms with Crippen molar-refractivity contribution in [3.63, 3.8) is 0 Å². The smallest absolute Gasteiger partial charge is 0.187 e. The maximum atomic E-state index is 11.4. The molecule has 3 rings (SSSR count). The van der Waals surface area contributed by atoms with Crippen molar-refractivity contribution in [2.24, 2.45) is 5.92 Å². The van der Waals surface area contributed by atoms with Gasteiger partial charge in [-0.1, -0.05) is 37.3 Å². The normalized spacial score (nSPS) is 34.3. The van der Waals surface area contributed by atoms with Gasteiger partial charge in [0, 0.05) is 5.92 Å². The van der Waals surface area contributed by atoms with Gasteiger partial charge in [0.05, 0.1) is 12.7 Å². The van der Waals surface area contributed by atoms with E-state index in [2.05, 4.69) is 0 Å². The van der Waals surface area contributed by atoms with Crippen molar-refractivity contribution in [1.82, 2.24) is 0 Å². The molecule has 0 N–H and O–H groups in total. The summed E-state index contributed by atoms with van der Waals surface area (Å²) in [5.74, 6) is -0.617. The van der Waals surface area contributed by atoms with E-state index in [1.54, 1.807) is 0 Å². The summed E-state index contributed by atoms with van der Waals surface area (Å²) in [6, 6.07) is 9.75. The molecule has 0 aliphatic carbocycles. The molecule has 0 bridgehead atoms. The number of benzene rings is 1. The molecule has 0 radical (unpaired) electrons. The van der Waals surface area contributed by atoms with Crippen molar-refractivity contribution in [1.29, 1.82) is 0 Å². The van der Waals surface area contributed by atoms with Gasteiger partial charge >= 0.3 is 0 Å². The molecule has 2 saturated heterocycles. The number of rotatable bonds is 5. The van der Waals surface area contributed by atoms with Gasteiger partial charge in [-0.2, -0.15) is 0 Å². The van der Waals surface area contributed by atoms with Crippen molar-refractivity contribution in [2.75, 3.05) is 0 Å². The topological polar surface area (TPSA) is 54.0 Å². The van der Waals surface area contributed by atoms with E-state index in [4.69, 9.17) is 18.9 Å². The second kappa shape index (κ2) is 6.08. The Morgan fingerprint density at radius 1 is 1.27 bits per heavy atom. The number of carbonyl (C=O) groups is 1. The Morgan fingerprint density at radius 3 is 2.64 bits per heavy atom. The Balaban J connectivity index is 1.62. The van der Waals surface area contributed by atoms with Gasteiger partial charge in [-0.3, -0.25) is 0 Å². The summed E-state index contributed by atoms with van der Waals surface area (Å²) in [5, 5.41) is 0. The molecule has 0 aromatic heterocycles. The summed E-state index contributed by atoms with van der Waals surface area (Å²) in [7, 11) is 0. The highest BCUT2D eigenvalue weighted by atomic mass is 16.8. The van der Waals surface area contributed by atoms with E-state index in [1.807, 2.05) is 51.1 Å². The van der Waals surface area contributed by atoms with Gasteiger partial charge in [0.2, 0.25) is 0 Å². The molecule has 1 unspecified atom stereocenters. The summed E-state index contributed by atoms with van der Waals surface area (Å²) in [5.41, 5.74) is 1.02. The minimum atomic E-state index is -0.643. The predicted octanol–water partition coefficient (Wildman–Crippen LogP) is 2.28. The largest absolute Gasteiger partial charge is 0.363 e. The molecule has 0 amide bonds. The number of carbonyl (C=O) groups excluding carboxylic acids is 1. The van der Waals surface area contributed by atoms with Crippen LogP contribution in [0.1, 0.15) is 26.3 Å². The molecular formula is C17H22O5. The number of ether oxygens (including phenoxy) is 4. The molecule has 2 heterocycles. The fourth-order valence-electron chi connectivity index (χ4n) is 3.04. The van der Waals surface area contributed by atoms with Gasteiger partial charge in [0.1, 0.15) is 12.2 Å². The van der Waals surface area contributed by atoms with Gasteiger partial charge in [-0.25, -0.2) is 0 Å². The number of hydrogen-bond acceptors (Lipinski definition) is 5. The third kappa shape index (κ3) is 3.08. The van der Waals surface area contributed by atoms with Crippen molar-refractivity contribution in [2.45, 2.75) is 57.8 Å². The first-order valence-electron chi connectivity index (χ1n) is 7.62. The molecule has 5 atom stereocenters. The van der Waals surface area contributed by atoms with Gasteiger partial charge < -0.3 is 23.7 Å². The lowest BCUT2D eigenvalue weighted by Crippen LogP contribution is -2.38. The molecular weight excluding hydrogens is 284 g/mol. The van der Waals surface area contributed by atoms with E-state index in [9.17, 15) is 4.79 Å². The fourth-order valence-corrected chi connectivity index (χ4v) is 3.04. The lowest BCUT2D eigenvalue weighted by molar-refractivity contribution is -0.221. The standard InChI is InChI=1S/C17H22O5/c1-11-14(20-16-15(11)21-17(2,3)22-16)13(9-18)19-10-12-7-5-4-6-8-12/h4-9,11,13-16H,10H2,1-3H3/t11?,13-,14+,15+,16-/m1/s1. The summed E-state index contributed by atoms with van der Waals surface area (Å²) < 4.78 is 23.2. The third-order valence-electron chi connectivity index (χ3n) is 4.16. The van der Waals surface area contributed by atoms with E-state index in [0.717, 1.165) is 11.8 Å². The second-order valence-corrected chi connectivity index (χ2v) is 6.33. The van der Waals surface area contributed by atoms with Gasteiger partial charge in [-0.05, 0) is 19.4 Å². The summed E-state index contributed by atoms with van der Waals surface area (Å²) in [6.07, 6.45) is -0.778. The second-order valence-electron chi connectivity index (χ2n) is 6.33. The van der Waals surface area contributed by atoms with Crippen molar-refractivity contribution < 1.29 is 23.7 Å². The van der Waals surface area contributed by atoms with Crippen molar-refractivity contribution >= 4 is 6.29 Å². The van der Waals surface area contributed by atoms with Crippen LogP contribution in [0.5, 0.6) is 0 Å². The zero-order valence-corrected chi connectivity index (χ0v) is 13.1. The SMILES string of the molecule is CC1[C@@H]2OC(C)(C)O[C@H]2O[C@@H]1[C@@H](C=O)OCc1ccccc1. The lowest BCUT2D eigenvalue weighted by atomic mass is 9.97. The summed E-state index contributed by atoms with van der Waals surface area (Å²) in [4.78, 5) is 11.4. The fraction of sp³-hybridized carbons (Fsp3) is 0.588. The Bertz CT molecular complexity index is 515.